The summed E-state index contributed by atoms with van der Waals surface area (Å²) in [7, 11) is 0. The number of hydrogen-bond acceptors (Lipinski definition) is 6. The second kappa shape index (κ2) is 9.90. The minimum atomic E-state index is -0.781. The van der Waals surface area contributed by atoms with Gasteiger partial charge in [0.15, 0.2) is 5.75 Å². The van der Waals surface area contributed by atoms with Gasteiger partial charge in [-0.05, 0) is 51.7 Å². The Labute approximate surface area is 188 Å². The fourth-order valence-corrected chi connectivity index (χ4v) is 3.85. The third-order valence-corrected chi connectivity index (χ3v) is 5.07. The van der Waals surface area contributed by atoms with E-state index in [4.69, 9.17) is 18.9 Å². The highest BCUT2D eigenvalue weighted by atomic mass is 16.7. The summed E-state index contributed by atoms with van der Waals surface area (Å²) in [5, 5.41) is 2.69. The first-order valence-corrected chi connectivity index (χ1v) is 11.0. The Morgan fingerprint density at radius 3 is 1.75 bits per heavy atom. The molecule has 3 aromatic rings. The van der Waals surface area contributed by atoms with Crippen LogP contribution in [-0.4, -0.2) is 24.5 Å². The molecule has 0 aromatic heterocycles. The number of aryl methyl sites for hydroxylation is 2. The molecule has 0 N–H and O–H groups in total. The first-order chi connectivity index (χ1) is 15.3. The van der Waals surface area contributed by atoms with Crippen LogP contribution < -0.4 is 9.47 Å². The Morgan fingerprint density at radius 2 is 1.25 bits per heavy atom. The molecule has 0 aliphatic heterocycles. The number of ether oxygens (including phenoxy) is 4. The van der Waals surface area contributed by atoms with E-state index in [1.807, 2.05) is 43.3 Å². The van der Waals surface area contributed by atoms with Crippen LogP contribution in [0.2, 0.25) is 0 Å². The van der Waals surface area contributed by atoms with Crippen molar-refractivity contribution in [2.75, 3.05) is 0 Å². The maximum absolute atomic E-state index is 12.5. The van der Waals surface area contributed by atoms with Crippen molar-refractivity contribution in [3.05, 3.63) is 47.5 Å². The Balaban J connectivity index is 2.36. The van der Waals surface area contributed by atoms with E-state index in [1.165, 1.54) is 0 Å². The molecular formula is C26H30O6. The summed E-state index contributed by atoms with van der Waals surface area (Å²) in [6, 6.07) is 11.3. The van der Waals surface area contributed by atoms with Crippen molar-refractivity contribution in [3.63, 3.8) is 0 Å². The monoisotopic (exact) mass is 438 g/mol. The molecular weight excluding hydrogens is 408 g/mol. The van der Waals surface area contributed by atoms with Crippen LogP contribution in [0, 0.1) is 0 Å². The molecule has 0 spiro atoms. The van der Waals surface area contributed by atoms with Crippen LogP contribution in [0.3, 0.4) is 0 Å². The second-order valence-electron chi connectivity index (χ2n) is 8.07. The van der Waals surface area contributed by atoms with Gasteiger partial charge in [-0.3, -0.25) is 0 Å². The molecule has 0 atom stereocenters. The maximum Gasteiger partial charge on any atom is 0.514 e. The number of carbonyl (C=O) groups is 2. The van der Waals surface area contributed by atoms with Crippen molar-refractivity contribution in [1.82, 2.24) is 0 Å². The van der Waals surface area contributed by atoms with Gasteiger partial charge in [0.1, 0.15) is 5.75 Å². The maximum atomic E-state index is 12.5. The standard InChI is InChI=1S/C26H30O6/c1-7-17-13-14-21-22(18(17)8-2)24(32-26(28)30-16(5)6)20-12-10-9-11-19(20)23(21)31-25(27)29-15(3)4/h9-16H,7-8H2,1-6H3. The van der Waals surface area contributed by atoms with Gasteiger partial charge in [-0.25, -0.2) is 9.59 Å². The van der Waals surface area contributed by atoms with E-state index in [0.29, 0.717) is 34.1 Å². The fourth-order valence-electron chi connectivity index (χ4n) is 3.85. The summed E-state index contributed by atoms with van der Waals surface area (Å²) in [6.45, 7) is 11.2. The molecule has 0 radical (unpaired) electrons. The number of carbonyl (C=O) groups excluding carboxylic acids is 2. The Hall–Kier alpha value is -3.28. The van der Waals surface area contributed by atoms with E-state index in [-0.39, 0.29) is 12.2 Å². The third kappa shape index (κ3) is 4.79. The van der Waals surface area contributed by atoms with Crippen molar-refractivity contribution in [2.45, 2.75) is 66.6 Å². The van der Waals surface area contributed by atoms with Crippen molar-refractivity contribution in [1.29, 1.82) is 0 Å². The number of fused-ring (bicyclic) bond motifs is 2. The molecule has 0 heterocycles. The van der Waals surface area contributed by atoms with Crippen molar-refractivity contribution in [2.24, 2.45) is 0 Å². The molecule has 0 saturated heterocycles. The highest BCUT2D eigenvalue weighted by molar-refractivity contribution is 6.13. The topological polar surface area (TPSA) is 71.1 Å². The average molecular weight is 439 g/mol. The van der Waals surface area contributed by atoms with Gasteiger partial charge in [0, 0.05) is 21.5 Å². The van der Waals surface area contributed by atoms with Gasteiger partial charge >= 0.3 is 12.3 Å². The van der Waals surface area contributed by atoms with Gasteiger partial charge in [-0.2, -0.15) is 0 Å². The van der Waals surface area contributed by atoms with Crippen LogP contribution in [-0.2, 0) is 22.3 Å². The SMILES string of the molecule is CCc1ccc2c(OC(=O)OC(C)C)c3ccccc3c(OC(=O)OC(C)C)c2c1CC. The van der Waals surface area contributed by atoms with E-state index >= 15 is 0 Å². The van der Waals surface area contributed by atoms with Gasteiger partial charge in [-0.1, -0.05) is 50.2 Å². The molecule has 0 unspecified atom stereocenters. The van der Waals surface area contributed by atoms with Crippen LogP contribution in [0.25, 0.3) is 21.5 Å². The average Bonchev–Trinajstić information content (AvgIpc) is 2.73. The zero-order valence-electron chi connectivity index (χ0n) is 19.5. The summed E-state index contributed by atoms with van der Waals surface area (Å²) in [5.41, 5.74) is 2.17. The lowest BCUT2D eigenvalue weighted by atomic mass is 9.91. The molecule has 0 aliphatic rings. The lowest BCUT2D eigenvalue weighted by molar-refractivity contribution is 0.0719. The second-order valence-corrected chi connectivity index (χ2v) is 8.07. The molecule has 0 fully saturated rings. The van der Waals surface area contributed by atoms with E-state index in [2.05, 4.69) is 6.92 Å². The Morgan fingerprint density at radius 1 is 0.719 bits per heavy atom. The molecule has 3 aromatic carbocycles. The number of rotatable bonds is 6. The van der Waals surface area contributed by atoms with Crippen LogP contribution in [0.1, 0.15) is 52.7 Å². The lowest BCUT2D eigenvalue weighted by Gasteiger charge is -2.20. The summed E-state index contributed by atoms with van der Waals surface area (Å²) in [6.07, 6.45) is -0.658. The number of hydrogen-bond donors (Lipinski definition) is 0. The first kappa shape index (κ1) is 23.4. The van der Waals surface area contributed by atoms with E-state index in [0.717, 1.165) is 22.9 Å². The summed E-state index contributed by atoms with van der Waals surface area (Å²) < 4.78 is 22.0. The van der Waals surface area contributed by atoms with Gasteiger partial charge in [-0.15, -0.1) is 0 Å². The molecule has 0 saturated carbocycles. The largest absolute Gasteiger partial charge is 0.514 e. The van der Waals surface area contributed by atoms with Gasteiger partial charge in [0.05, 0.1) is 12.2 Å². The third-order valence-electron chi connectivity index (χ3n) is 5.07. The molecule has 0 bridgehead atoms. The van der Waals surface area contributed by atoms with Gasteiger partial charge in [0.2, 0.25) is 0 Å². The zero-order chi connectivity index (χ0) is 23.4. The van der Waals surface area contributed by atoms with Crippen molar-refractivity contribution in [3.8, 4) is 11.5 Å². The first-order valence-electron chi connectivity index (χ1n) is 11.0. The van der Waals surface area contributed by atoms with Gasteiger partial charge in [0.25, 0.3) is 0 Å². The molecule has 6 nitrogen and oxygen atoms in total. The Kier molecular flexibility index (Phi) is 7.23. The van der Waals surface area contributed by atoms with Crippen LogP contribution in [0.4, 0.5) is 9.59 Å². The Bertz CT molecular complexity index is 1150. The van der Waals surface area contributed by atoms with Crippen molar-refractivity contribution >= 4 is 33.9 Å². The predicted octanol–water partition coefficient (Wildman–Crippen LogP) is 6.97. The summed E-state index contributed by atoms with van der Waals surface area (Å²) >= 11 is 0. The fraction of sp³-hybridized carbons (Fsp3) is 0.385. The highest BCUT2D eigenvalue weighted by Crippen LogP contribution is 2.45. The molecule has 6 heteroatoms. The normalized spacial score (nSPS) is 11.2. The van der Waals surface area contributed by atoms with Crippen LogP contribution in [0.5, 0.6) is 11.5 Å². The summed E-state index contributed by atoms with van der Waals surface area (Å²) in [5.74, 6) is 0.779. The van der Waals surface area contributed by atoms with Crippen LogP contribution >= 0.6 is 0 Å². The zero-order valence-corrected chi connectivity index (χ0v) is 19.5. The highest BCUT2D eigenvalue weighted by Gasteiger charge is 2.24. The van der Waals surface area contributed by atoms with Gasteiger partial charge < -0.3 is 18.9 Å². The summed E-state index contributed by atoms with van der Waals surface area (Å²) in [4.78, 5) is 24.9. The smallest absolute Gasteiger partial charge is 0.431 e. The van der Waals surface area contributed by atoms with E-state index < -0.39 is 12.3 Å². The van der Waals surface area contributed by atoms with Crippen molar-refractivity contribution < 1.29 is 28.5 Å². The minimum absolute atomic E-state index is 0.314. The minimum Gasteiger partial charge on any atom is -0.431 e. The molecule has 3 rings (SSSR count). The van der Waals surface area contributed by atoms with Crippen LogP contribution in [0.15, 0.2) is 36.4 Å². The lowest BCUT2D eigenvalue weighted by Crippen LogP contribution is -2.17. The quantitative estimate of drug-likeness (QED) is 0.235. The van der Waals surface area contributed by atoms with E-state index in [1.54, 1.807) is 27.7 Å². The molecule has 170 valence electrons. The molecule has 0 aliphatic carbocycles. The predicted molar refractivity (Wildman–Crippen MR) is 125 cm³/mol. The molecule has 32 heavy (non-hydrogen) atoms. The number of benzene rings is 3. The van der Waals surface area contributed by atoms with E-state index in [9.17, 15) is 9.59 Å². The molecule has 0 amide bonds.